The van der Waals surface area contributed by atoms with E-state index in [1.54, 1.807) is 6.08 Å². The highest BCUT2D eigenvalue weighted by Gasteiger charge is 2.39. The Labute approximate surface area is 382 Å². The van der Waals surface area contributed by atoms with Gasteiger partial charge in [0.25, 0.3) is 0 Å². The number of nitrogens with zero attached hydrogens (tertiary/aromatic N) is 2. The van der Waals surface area contributed by atoms with E-state index >= 15 is 0 Å². The Bertz CT molecular complexity index is 2320. The number of aliphatic hydroxyl groups excluding tert-OH is 1. The third-order valence-corrected chi connectivity index (χ3v) is 17.3. The average molecular weight is 975 g/mol. The van der Waals surface area contributed by atoms with Gasteiger partial charge in [-0.25, -0.2) is 14.8 Å². The number of ether oxygens (including phenoxy) is 5. The molecule has 10 nitrogen and oxygen atoms in total. The lowest BCUT2D eigenvalue weighted by molar-refractivity contribution is -0.163. The Morgan fingerprint density at radius 3 is 2.26 bits per heavy atom. The number of carbonyl (C=O) groups excluding carboxylic acids is 1. The third-order valence-electron chi connectivity index (χ3n) is 10.3. The summed E-state index contributed by atoms with van der Waals surface area (Å²) in [7, 11) is -2.25. The molecule has 15 heteroatoms. The van der Waals surface area contributed by atoms with E-state index in [-0.39, 0.29) is 46.3 Å². The molecule has 0 radical (unpaired) electrons. The van der Waals surface area contributed by atoms with Crippen LogP contribution in [0.25, 0.3) is 21.3 Å². The summed E-state index contributed by atoms with van der Waals surface area (Å²) in [5.74, 6) is 1.04. The van der Waals surface area contributed by atoms with Gasteiger partial charge < -0.3 is 33.2 Å². The van der Waals surface area contributed by atoms with Gasteiger partial charge in [-0.2, -0.15) is 0 Å². The smallest absolute Gasteiger partial charge is 0.348 e. The first kappa shape index (κ1) is 48.3. The zero-order valence-electron chi connectivity index (χ0n) is 36.4. The summed E-state index contributed by atoms with van der Waals surface area (Å²) in [6, 6.07) is 15.6. The van der Waals surface area contributed by atoms with Crippen LogP contribution in [0.15, 0.2) is 71.3 Å². The maximum Gasteiger partial charge on any atom is 0.348 e. The monoisotopic (exact) mass is 972 g/mol. The SMILES string of the molecule is C=CCOCC(CO)Oc1c(Cl)c(C)c(-c2c(Br)sc3ncnc(OC(Cc4cc(O[Si](C)(C)C(C)(C)C)ccc4OCc4ccccc4)C(=O)OC(C)(C)C)c23)c(C)c1Cl. The van der Waals surface area contributed by atoms with E-state index in [4.69, 9.17) is 51.3 Å². The largest absolute Gasteiger partial charge is 0.543 e. The second-order valence-corrected chi connectivity index (χ2v) is 25.0. The van der Waals surface area contributed by atoms with Crippen molar-refractivity contribution in [2.24, 2.45) is 0 Å². The zero-order chi connectivity index (χ0) is 44.9. The van der Waals surface area contributed by atoms with Crippen molar-refractivity contribution in [1.82, 2.24) is 9.97 Å². The first-order valence-electron chi connectivity index (χ1n) is 19.9. The van der Waals surface area contributed by atoms with Gasteiger partial charge in [0.05, 0.1) is 39.0 Å². The Kier molecular flexibility index (Phi) is 16.0. The van der Waals surface area contributed by atoms with E-state index in [9.17, 15) is 9.90 Å². The maximum atomic E-state index is 14.3. The minimum atomic E-state index is -2.25. The summed E-state index contributed by atoms with van der Waals surface area (Å²) in [6.07, 6.45) is 1.16. The standard InChI is InChI=1S/C46H55BrCl2N2O8SSi/c1-12-20-54-25-32(23-52)56-40-38(48)27(2)35(28(3)39(40)49)36-37-42(50-26-51-43(37)60-41(36)47)57-34(44(53)58-45(4,5)6)22-30-21-31(59-61(10,11)46(7,8)9)18-19-33(30)55-24-29-16-14-13-15-17-29/h12-19,21,26,32,34,52H,1,20,22-25H2,2-11H3. The molecule has 0 saturated heterocycles. The molecule has 5 rings (SSSR count). The van der Waals surface area contributed by atoms with Crippen LogP contribution in [0.2, 0.25) is 28.2 Å². The first-order valence-corrected chi connectivity index (χ1v) is 25.2. The summed E-state index contributed by atoms with van der Waals surface area (Å²) < 4.78 is 38.3. The molecule has 328 valence electrons. The highest BCUT2D eigenvalue weighted by Crippen LogP contribution is 2.52. The van der Waals surface area contributed by atoms with Crippen LogP contribution < -0.4 is 18.6 Å². The number of esters is 1. The van der Waals surface area contributed by atoms with Crippen molar-refractivity contribution in [2.45, 2.75) is 104 Å². The fraction of sp³-hybridized carbons (Fsp3) is 0.413. The lowest BCUT2D eigenvalue weighted by atomic mass is 9.95. The molecule has 61 heavy (non-hydrogen) atoms. The number of benzene rings is 3. The van der Waals surface area contributed by atoms with Gasteiger partial charge in [-0.05, 0) is 109 Å². The Morgan fingerprint density at radius 2 is 1.66 bits per heavy atom. The second kappa shape index (κ2) is 20.2. The van der Waals surface area contributed by atoms with Gasteiger partial charge in [-0.1, -0.05) is 80.4 Å². The number of aromatic nitrogens is 2. The molecule has 3 aromatic carbocycles. The predicted molar refractivity (Wildman–Crippen MR) is 252 cm³/mol. The van der Waals surface area contributed by atoms with Gasteiger partial charge in [0, 0.05) is 17.5 Å². The molecule has 0 amide bonds. The number of hydrogen-bond donors (Lipinski definition) is 1. The minimum Gasteiger partial charge on any atom is -0.543 e. The van der Waals surface area contributed by atoms with Gasteiger partial charge in [0.2, 0.25) is 20.3 Å². The zero-order valence-corrected chi connectivity index (χ0v) is 41.3. The van der Waals surface area contributed by atoms with Crippen LogP contribution in [0.4, 0.5) is 0 Å². The van der Waals surface area contributed by atoms with Crippen molar-refractivity contribution in [3.8, 4) is 34.3 Å². The fourth-order valence-corrected chi connectivity index (χ4v) is 9.42. The van der Waals surface area contributed by atoms with Gasteiger partial charge in [0.15, 0.2) is 5.75 Å². The van der Waals surface area contributed by atoms with Crippen LogP contribution in [0.1, 0.15) is 63.8 Å². The number of aliphatic hydroxyl groups is 1. The topological polar surface area (TPSA) is 118 Å². The van der Waals surface area contributed by atoms with E-state index in [1.165, 1.54) is 17.7 Å². The molecule has 2 heterocycles. The Balaban J connectivity index is 1.62. The Hall–Kier alpha value is -3.69. The fourth-order valence-electron chi connectivity index (χ4n) is 6.16. The van der Waals surface area contributed by atoms with Crippen molar-refractivity contribution >= 4 is 75.0 Å². The second-order valence-electron chi connectivity index (χ2n) is 17.2. The third kappa shape index (κ3) is 11.9. The quantitative estimate of drug-likeness (QED) is 0.0393. The molecule has 2 unspecified atom stereocenters. The van der Waals surface area contributed by atoms with Crippen molar-refractivity contribution in [3.63, 3.8) is 0 Å². The summed E-state index contributed by atoms with van der Waals surface area (Å²) in [6.45, 7) is 24.1. The summed E-state index contributed by atoms with van der Waals surface area (Å²) >= 11 is 19.2. The molecule has 0 saturated carbocycles. The van der Waals surface area contributed by atoms with Crippen LogP contribution in [0.5, 0.6) is 23.1 Å². The van der Waals surface area contributed by atoms with Gasteiger partial charge in [-0.15, -0.1) is 17.9 Å². The van der Waals surface area contributed by atoms with Gasteiger partial charge in [-0.3, -0.25) is 0 Å². The van der Waals surface area contributed by atoms with E-state index in [2.05, 4.69) is 66.3 Å². The summed E-state index contributed by atoms with van der Waals surface area (Å²) in [5, 5.41) is 11.1. The molecule has 0 bridgehead atoms. The molecule has 0 spiro atoms. The molecule has 0 aliphatic heterocycles. The van der Waals surface area contributed by atoms with E-state index in [1.807, 2.05) is 83.1 Å². The minimum absolute atomic E-state index is 0.0523. The molecule has 0 aliphatic carbocycles. The maximum absolute atomic E-state index is 14.3. The van der Waals surface area contributed by atoms with Gasteiger partial charge in [0.1, 0.15) is 41.0 Å². The van der Waals surface area contributed by atoms with Crippen molar-refractivity contribution < 1.29 is 38.0 Å². The van der Waals surface area contributed by atoms with Crippen LogP contribution >= 0.6 is 50.5 Å². The van der Waals surface area contributed by atoms with E-state index in [0.29, 0.717) is 66.5 Å². The number of rotatable bonds is 18. The molecule has 5 aromatic rings. The Morgan fingerprint density at radius 1 is 0.984 bits per heavy atom. The van der Waals surface area contributed by atoms with Gasteiger partial charge >= 0.3 is 5.97 Å². The first-order chi connectivity index (χ1) is 28.7. The van der Waals surface area contributed by atoms with Crippen LogP contribution in [-0.2, 0) is 27.3 Å². The molecule has 0 fully saturated rings. The molecular weight excluding hydrogens is 919 g/mol. The van der Waals surface area contributed by atoms with Crippen molar-refractivity contribution in [2.75, 3.05) is 19.8 Å². The summed E-state index contributed by atoms with van der Waals surface area (Å²) in [5.41, 5.74) is 3.54. The molecule has 2 aromatic heterocycles. The molecule has 0 aliphatic rings. The number of carbonyl (C=O) groups is 1. The number of halogens is 3. The molecular formula is C46H55BrCl2N2O8SSi. The highest BCUT2D eigenvalue weighted by molar-refractivity contribution is 9.11. The van der Waals surface area contributed by atoms with Crippen LogP contribution in [0, 0.1) is 13.8 Å². The van der Waals surface area contributed by atoms with Crippen LogP contribution in [0.3, 0.4) is 0 Å². The average Bonchev–Trinajstić information content (AvgIpc) is 3.52. The number of thiophene rings is 1. The lowest BCUT2D eigenvalue weighted by Gasteiger charge is -2.36. The molecule has 1 N–H and O–H groups in total. The number of hydrogen-bond acceptors (Lipinski definition) is 11. The summed E-state index contributed by atoms with van der Waals surface area (Å²) in [4.78, 5) is 24.1. The highest BCUT2D eigenvalue weighted by atomic mass is 79.9. The number of fused-ring (bicyclic) bond motifs is 1. The normalized spacial score (nSPS) is 13.1. The van der Waals surface area contributed by atoms with Crippen LogP contribution in [-0.4, -0.2) is 67.0 Å². The van der Waals surface area contributed by atoms with Crippen molar-refractivity contribution in [1.29, 1.82) is 0 Å². The predicted octanol–water partition coefficient (Wildman–Crippen LogP) is 12.3. The van der Waals surface area contributed by atoms with E-state index in [0.717, 1.165) is 5.56 Å². The lowest BCUT2D eigenvalue weighted by Crippen LogP contribution is -2.43. The van der Waals surface area contributed by atoms with E-state index < -0.39 is 32.1 Å². The van der Waals surface area contributed by atoms with Crippen molar-refractivity contribution in [3.05, 3.63) is 104 Å². The molecule has 2 atom stereocenters.